The van der Waals surface area contributed by atoms with Crippen LogP contribution in [0.1, 0.15) is 19.4 Å². The Balaban J connectivity index is 2.85. The molecule has 0 heterocycles. The zero-order chi connectivity index (χ0) is 12.0. The summed E-state index contributed by atoms with van der Waals surface area (Å²) in [5.74, 6) is -0.0134. The average molecular weight is 223 g/mol. The molecule has 0 saturated heterocycles. The second-order valence-corrected chi connectivity index (χ2v) is 3.79. The van der Waals surface area contributed by atoms with Crippen LogP contribution in [0.5, 0.6) is 5.75 Å². The van der Waals surface area contributed by atoms with Crippen molar-refractivity contribution in [1.29, 1.82) is 0 Å². The van der Waals surface area contributed by atoms with Gasteiger partial charge in [0.05, 0.1) is 0 Å². The van der Waals surface area contributed by atoms with Gasteiger partial charge in [0, 0.05) is 6.04 Å². The summed E-state index contributed by atoms with van der Waals surface area (Å²) in [7, 11) is 0. The van der Waals surface area contributed by atoms with Gasteiger partial charge in [-0.15, -0.1) is 0 Å². The molecule has 1 unspecified atom stereocenters. The molecule has 0 aliphatic carbocycles. The predicted molar refractivity (Wildman–Crippen MR) is 64.1 cm³/mol. The maximum atomic E-state index is 13.5. The maximum Gasteiger partial charge on any atom is 0.165 e. The van der Waals surface area contributed by atoms with Crippen molar-refractivity contribution in [3.63, 3.8) is 0 Å². The molecule has 0 amide bonds. The SMILES string of the molecule is C/C=C/COc1c(F)cccc1CC(C)N. The van der Waals surface area contributed by atoms with Gasteiger partial charge in [-0.3, -0.25) is 0 Å². The van der Waals surface area contributed by atoms with Crippen LogP contribution in [0.4, 0.5) is 4.39 Å². The van der Waals surface area contributed by atoms with E-state index in [0.29, 0.717) is 18.8 Å². The summed E-state index contributed by atoms with van der Waals surface area (Å²) in [6, 6.07) is 4.91. The number of para-hydroxylation sites is 1. The van der Waals surface area contributed by atoms with Crippen molar-refractivity contribution >= 4 is 0 Å². The number of ether oxygens (including phenoxy) is 1. The molecule has 0 spiro atoms. The molecule has 0 aromatic heterocycles. The molecule has 2 N–H and O–H groups in total. The van der Waals surface area contributed by atoms with Crippen LogP contribution >= 0.6 is 0 Å². The largest absolute Gasteiger partial charge is 0.486 e. The number of allylic oxidation sites excluding steroid dienone is 1. The average Bonchev–Trinajstić information content (AvgIpc) is 2.21. The first-order chi connectivity index (χ1) is 7.65. The van der Waals surface area contributed by atoms with E-state index < -0.39 is 0 Å². The molecule has 0 fully saturated rings. The molecule has 0 aliphatic heterocycles. The number of rotatable bonds is 5. The lowest BCUT2D eigenvalue weighted by molar-refractivity contribution is 0.336. The summed E-state index contributed by atoms with van der Waals surface area (Å²) in [5, 5.41) is 0. The molecule has 1 aromatic carbocycles. The van der Waals surface area contributed by atoms with Crippen LogP contribution in [0.15, 0.2) is 30.4 Å². The number of halogens is 1. The van der Waals surface area contributed by atoms with Gasteiger partial charge in [-0.25, -0.2) is 4.39 Å². The Bertz CT molecular complexity index is 361. The number of hydrogen-bond acceptors (Lipinski definition) is 2. The van der Waals surface area contributed by atoms with Crippen LogP contribution in [-0.4, -0.2) is 12.6 Å². The smallest absolute Gasteiger partial charge is 0.165 e. The maximum absolute atomic E-state index is 13.5. The Hall–Kier alpha value is -1.35. The topological polar surface area (TPSA) is 35.2 Å². The quantitative estimate of drug-likeness (QED) is 0.779. The zero-order valence-corrected chi connectivity index (χ0v) is 9.74. The fourth-order valence-electron chi connectivity index (χ4n) is 1.45. The Kier molecular flexibility index (Phi) is 4.99. The van der Waals surface area contributed by atoms with E-state index in [-0.39, 0.29) is 11.9 Å². The molecular weight excluding hydrogens is 205 g/mol. The molecular formula is C13H18FNO. The Morgan fingerprint density at radius 1 is 1.50 bits per heavy atom. The molecule has 0 saturated carbocycles. The van der Waals surface area contributed by atoms with Crippen LogP contribution < -0.4 is 10.5 Å². The third-order valence-electron chi connectivity index (χ3n) is 2.15. The Morgan fingerprint density at radius 2 is 2.25 bits per heavy atom. The lowest BCUT2D eigenvalue weighted by Crippen LogP contribution is -2.18. The number of nitrogens with two attached hydrogens (primary N) is 1. The third kappa shape index (κ3) is 3.66. The van der Waals surface area contributed by atoms with E-state index in [1.54, 1.807) is 6.07 Å². The van der Waals surface area contributed by atoms with Gasteiger partial charge in [-0.2, -0.15) is 0 Å². The highest BCUT2D eigenvalue weighted by Gasteiger charge is 2.10. The Labute approximate surface area is 95.9 Å². The van der Waals surface area contributed by atoms with Crippen LogP contribution in [-0.2, 0) is 6.42 Å². The van der Waals surface area contributed by atoms with E-state index >= 15 is 0 Å². The monoisotopic (exact) mass is 223 g/mol. The van der Waals surface area contributed by atoms with Crippen molar-refractivity contribution in [2.45, 2.75) is 26.3 Å². The van der Waals surface area contributed by atoms with Crippen molar-refractivity contribution in [2.75, 3.05) is 6.61 Å². The summed E-state index contributed by atoms with van der Waals surface area (Å²) in [6.45, 7) is 4.16. The minimum absolute atomic E-state index is 0.00846. The van der Waals surface area contributed by atoms with Crippen molar-refractivity contribution in [2.24, 2.45) is 5.73 Å². The predicted octanol–water partition coefficient (Wildman–Crippen LogP) is 2.67. The molecule has 0 aliphatic rings. The molecule has 2 nitrogen and oxygen atoms in total. The molecule has 1 aromatic rings. The number of benzene rings is 1. The highest BCUT2D eigenvalue weighted by molar-refractivity contribution is 5.35. The first-order valence-electron chi connectivity index (χ1n) is 5.42. The normalized spacial score (nSPS) is 13.0. The van der Waals surface area contributed by atoms with Gasteiger partial charge >= 0.3 is 0 Å². The van der Waals surface area contributed by atoms with E-state index in [9.17, 15) is 4.39 Å². The van der Waals surface area contributed by atoms with Crippen LogP contribution in [0.2, 0.25) is 0 Å². The van der Waals surface area contributed by atoms with Gasteiger partial charge in [0.1, 0.15) is 6.61 Å². The minimum atomic E-state index is -0.331. The van der Waals surface area contributed by atoms with Crippen LogP contribution in [0.25, 0.3) is 0 Å². The van der Waals surface area contributed by atoms with Gasteiger partial charge in [-0.05, 0) is 31.9 Å². The molecule has 1 atom stereocenters. The van der Waals surface area contributed by atoms with Gasteiger partial charge in [0.25, 0.3) is 0 Å². The molecule has 1 rings (SSSR count). The summed E-state index contributed by atoms with van der Waals surface area (Å²) >= 11 is 0. The fourth-order valence-corrected chi connectivity index (χ4v) is 1.45. The van der Waals surface area contributed by atoms with Gasteiger partial charge < -0.3 is 10.5 Å². The van der Waals surface area contributed by atoms with Gasteiger partial charge in [0.2, 0.25) is 0 Å². The molecule has 0 radical (unpaired) electrons. The first-order valence-corrected chi connectivity index (χ1v) is 5.42. The van der Waals surface area contributed by atoms with Gasteiger partial charge in [-0.1, -0.05) is 24.3 Å². The van der Waals surface area contributed by atoms with Crippen molar-refractivity contribution in [3.8, 4) is 5.75 Å². The van der Waals surface area contributed by atoms with Crippen molar-refractivity contribution in [3.05, 3.63) is 41.7 Å². The highest BCUT2D eigenvalue weighted by Crippen LogP contribution is 2.23. The van der Waals surface area contributed by atoms with E-state index in [2.05, 4.69) is 0 Å². The lowest BCUT2D eigenvalue weighted by atomic mass is 10.1. The lowest BCUT2D eigenvalue weighted by Gasteiger charge is -2.12. The first kappa shape index (κ1) is 12.7. The summed E-state index contributed by atoms with van der Waals surface area (Å²) in [5.41, 5.74) is 6.53. The standard InChI is InChI=1S/C13H18FNO/c1-3-4-8-16-13-11(9-10(2)15)6-5-7-12(13)14/h3-7,10H,8-9,15H2,1-2H3/b4-3+. The molecule has 0 bridgehead atoms. The summed E-state index contributed by atoms with van der Waals surface area (Å²) < 4.78 is 18.9. The minimum Gasteiger partial charge on any atom is -0.486 e. The van der Waals surface area contributed by atoms with Gasteiger partial charge in [0.15, 0.2) is 11.6 Å². The zero-order valence-electron chi connectivity index (χ0n) is 9.74. The molecule has 16 heavy (non-hydrogen) atoms. The van der Waals surface area contributed by atoms with E-state index in [1.807, 2.05) is 32.1 Å². The molecule has 88 valence electrons. The van der Waals surface area contributed by atoms with E-state index in [4.69, 9.17) is 10.5 Å². The van der Waals surface area contributed by atoms with Crippen LogP contribution in [0.3, 0.4) is 0 Å². The Morgan fingerprint density at radius 3 is 2.88 bits per heavy atom. The highest BCUT2D eigenvalue weighted by atomic mass is 19.1. The van der Waals surface area contributed by atoms with Crippen molar-refractivity contribution < 1.29 is 9.13 Å². The second kappa shape index (κ2) is 6.28. The van der Waals surface area contributed by atoms with Crippen LogP contribution in [0, 0.1) is 5.82 Å². The van der Waals surface area contributed by atoms with E-state index in [1.165, 1.54) is 6.07 Å². The summed E-state index contributed by atoms with van der Waals surface area (Å²) in [4.78, 5) is 0. The molecule has 3 heteroatoms. The fraction of sp³-hybridized carbons (Fsp3) is 0.385. The van der Waals surface area contributed by atoms with E-state index in [0.717, 1.165) is 5.56 Å². The number of hydrogen-bond donors (Lipinski definition) is 1. The third-order valence-corrected chi connectivity index (χ3v) is 2.15. The second-order valence-electron chi connectivity index (χ2n) is 3.79. The summed E-state index contributed by atoms with van der Waals surface area (Å²) in [6.07, 6.45) is 4.32. The van der Waals surface area contributed by atoms with Crippen molar-refractivity contribution in [1.82, 2.24) is 0 Å².